The molecule has 124 valence electrons. The summed E-state index contributed by atoms with van der Waals surface area (Å²) < 4.78 is 33.1. The van der Waals surface area contributed by atoms with Gasteiger partial charge in [0.1, 0.15) is 11.6 Å². The Labute approximate surface area is 139 Å². The Hall–Kier alpha value is -2.53. The Balaban J connectivity index is 1.76. The van der Waals surface area contributed by atoms with E-state index in [4.69, 9.17) is 4.74 Å². The minimum Gasteiger partial charge on any atom is -0.378 e. The maximum atomic E-state index is 14.3. The van der Waals surface area contributed by atoms with Crippen molar-refractivity contribution in [1.29, 1.82) is 0 Å². The van der Waals surface area contributed by atoms with Gasteiger partial charge in [-0.2, -0.15) is 0 Å². The van der Waals surface area contributed by atoms with Gasteiger partial charge in [0.25, 0.3) is 0 Å². The molecule has 0 spiro atoms. The van der Waals surface area contributed by atoms with Crippen molar-refractivity contribution in [2.75, 3.05) is 31.2 Å². The highest BCUT2D eigenvalue weighted by Gasteiger charge is 2.16. The molecule has 1 aliphatic heterocycles. The van der Waals surface area contributed by atoms with Gasteiger partial charge < -0.3 is 9.64 Å². The molecular formula is C19H17F2NO2. The van der Waals surface area contributed by atoms with E-state index in [1.807, 2.05) is 4.90 Å². The lowest BCUT2D eigenvalue weighted by atomic mass is 10.1. The first kappa shape index (κ1) is 16.3. The highest BCUT2D eigenvalue weighted by atomic mass is 19.1. The largest absolute Gasteiger partial charge is 0.378 e. The van der Waals surface area contributed by atoms with Crippen molar-refractivity contribution in [3.8, 4) is 0 Å². The summed E-state index contributed by atoms with van der Waals surface area (Å²) in [6.07, 6.45) is 2.65. The van der Waals surface area contributed by atoms with E-state index in [0.29, 0.717) is 37.6 Å². The lowest BCUT2D eigenvalue weighted by Gasteiger charge is -2.29. The van der Waals surface area contributed by atoms with Crippen LogP contribution < -0.4 is 4.90 Å². The van der Waals surface area contributed by atoms with Crippen molar-refractivity contribution >= 4 is 17.5 Å². The molecule has 0 atom stereocenters. The van der Waals surface area contributed by atoms with Crippen LogP contribution in [0.5, 0.6) is 0 Å². The van der Waals surface area contributed by atoms with E-state index in [1.54, 1.807) is 30.3 Å². The molecule has 5 heteroatoms. The number of morpholine rings is 1. The number of nitrogens with zero attached hydrogens (tertiary/aromatic N) is 1. The van der Waals surface area contributed by atoms with Crippen LogP contribution >= 0.6 is 0 Å². The standard InChI is InChI=1S/C19H17F2NO2/c20-16-4-2-1-3-14(16)6-8-19(23)15-5-7-18(17(21)13-15)22-9-11-24-12-10-22/h1-8,13H,9-12H2/b8-6+. The molecule has 0 aliphatic carbocycles. The van der Waals surface area contributed by atoms with Crippen LogP contribution in [0.2, 0.25) is 0 Å². The number of carbonyl (C=O) groups excluding carboxylic acids is 1. The normalized spacial score (nSPS) is 15.0. The second kappa shape index (κ2) is 7.36. The monoisotopic (exact) mass is 329 g/mol. The topological polar surface area (TPSA) is 29.5 Å². The fraction of sp³-hybridized carbons (Fsp3) is 0.211. The third-order valence-electron chi connectivity index (χ3n) is 3.90. The zero-order valence-electron chi connectivity index (χ0n) is 13.0. The van der Waals surface area contributed by atoms with Crippen LogP contribution in [-0.4, -0.2) is 32.1 Å². The number of carbonyl (C=O) groups is 1. The summed E-state index contributed by atoms with van der Waals surface area (Å²) >= 11 is 0. The maximum Gasteiger partial charge on any atom is 0.185 e. The first-order valence-corrected chi connectivity index (χ1v) is 7.74. The van der Waals surface area contributed by atoms with Crippen molar-refractivity contribution in [2.45, 2.75) is 0 Å². The van der Waals surface area contributed by atoms with Gasteiger partial charge in [-0.05, 0) is 36.4 Å². The zero-order valence-corrected chi connectivity index (χ0v) is 13.0. The van der Waals surface area contributed by atoms with Gasteiger partial charge in [-0.15, -0.1) is 0 Å². The molecule has 0 amide bonds. The predicted octanol–water partition coefficient (Wildman–Crippen LogP) is 3.70. The van der Waals surface area contributed by atoms with E-state index >= 15 is 0 Å². The van der Waals surface area contributed by atoms with Gasteiger partial charge in [0.05, 0.1) is 18.9 Å². The molecule has 24 heavy (non-hydrogen) atoms. The molecule has 2 aromatic rings. The second-order valence-electron chi connectivity index (χ2n) is 5.48. The molecule has 0 saturated carbocycles. The van der Waals surface area contributed by atoms with E-state index in [9.17, 15) is 13.6 Å². The van der Waals surface area contributed by atoms with Gasteiger partial charge in [-0.1, -0.05) is 18.2 Å². The summed E-state index contributed by atoms with van der Waals surface area (Å²) in [6, 6.07) is 10.6. The summed E-state index contributed by atoms with van der Waals surface area (Å²) in [5.41, 5.74) is 1.02. The van der Waals surface area contributed by atoms with E-state index < -0.39 is 11.6 Å². The van der Waals surface area contributed by atoms with E-state index in [2.05, 4.69) is 0 Å². The SMILES string of the molecule is O=C(/C=C/c1ccccc1F)c1ccc(N2CCOCC2)c(F)c1. The lowest BCUT2D eigenvalue weighted by Crippen LogP contribution is -2.36. The minimum atomic E-state index is -0.443. The second-order valence-corrected chi connectivity index (χ2v) is 5.48. The Morgan fingerprint density at radius 3 is 2.50 bits per heavy atom. The summed E-state index contributed by atoms with van der Waals surface area (Å²) in [6.45, 7) is 2.37. The number of hydrogen-bond acceptors (Lipinski definition) is 3. The number of rotatable bonds is 4. The minimum absolute atomic E-state index is 0.233. The molecule has 1 saturated heterocycles. The average Bonchev–Trinajstić information content (AvgIpc) is 2.61. The lowest BCUT2D eigenvalue weighted by molar-refractivity contribution is 0.104. The van der Waals surface area contributed by atoms with Gasteiger partial charge >= 0.3 is 0 Å². The van der Waals surface area contributed by atoms with Crippen molar-refractivity contribution in [3.05, 3.63) is 71.3 Å². The number of ketones is 1. The summed E-state index contributed by atoms with van der Waals surface area (Å²) in [7, 11) is 0. The molecule has 0 bridgehead atoms. The Kier molecular flexibility index (Phi) is 5.01. The first-order chi connectivity index (χ1) is 11.6. The van der Waals surface area contributed by atoms with Gasteiger partial charge in [0, 0.05) is 24.2 Å². The van der Waals surface area contributed by atoms with Crippen molar-refractivity contribution < 1.29 is 18.3 Å². The van der Waals surface area contributed by atoms with E-state index in [-0.39, 0.29) is 11.3 Å². The number of anilines is 1. The number of hydrogen-bond donors (Lipinski definition) is 0. The summed E-state index contributed by atoms with van der Waals surface area (Å²) in [5, 5.41) is 0. The predicted molar refractivity (Wildman–Crippen MR) is 89.2 cm³/mol. The smallest absolute Gasteiger partial charge is 0.185 e. The molecule has 3 nitrogen and oxygen atoms in total. The van der Waals surface area contributed by atoms with Gasteiger partial charge in [-0.3, -0.25) is 4.79 Å². The van der Waals surface area contributed by atoms with E-state index in [1.165, 1.54) is 24.3 Å². The molecule has 0 N–H and O–H groups in total. The zero-order chi connectivity index (χ0) is 16.9. The highest BCUT2D eigenvalue weighted by molar-refractivity contribution is 6.07. The molecule has 1 heterocycles. The number of benzene rings is 2. The first-order valence-electron chi connectivity index (χ1n) is 7.74. The van der Waals surface area contributed by atoms with Gasteiger partial charge in [-0.25, -0.2) is 8.78 Å². The average molecular weight is 329 g/mol. The fourth-order valence-corrected chi connectivity index (χ4v) is 2.59. The van der Waals surface area contributed by atoms with Crippen LogP contribution in [-0.2, 0) is 4.74 Å². The van der Waals surface area contributed by atoms with Crippen LogP contribution in [0.25, 0.3) is 6.08 Å². The highest BCUT2D eigenvalue weighted by Crippen LogP contribution is 2.22. The van der Waals surface area contributed by atoms with Crippen molar-refractivity contribution in [1.82, 2.24) is 0 Å². The molecule has 0 unspecified atom stereocenters. The van der Waals surface area contributed by atoms with Crippen LogP contribution in [0.3, 0.4) is 0 Å². The molecule has 2 aromatic carbocycles. The molecule has 1 aliphatic rings. The van der Waals surface area contributed by atoms with Crippen molar-refractivity contribution in [2.24, 2.45) is 0 Å². The Morgan fingerprint density at radius 2 is 1.79 bits per heavy atom. The third kappa shape index (κ3) is 3.68. The number of halogens is 2. The maximum absolute atomic E-state index is 14.3. The summed E-state index contributed by atoms with van der Waals surface area (Å²) in [4.78, 5) is 14.1. The summed E-state index contributed by atoms with van der Waals surface area (Å²) in [5.74, 6) is -1.22. The Morgan fingerprint density at radius 1 is 1.04 bits per heavy atom. The van der Waals surface area contributed by atoms with Crippen LogP contribution in [0.4, 0.5) is 14.5 Å². The fourth-order valence-electron chi connectivity index (χ4n) is 2.59. The third-order valence-corrected chi connectivity index (χ3v) is 3.90. The van der Waals surface area contributed by atoms with Crippen LogP contribution in [0.1, 0.15) is 15.9 Å². The van der Waals surface area contributed by atoms with Crippen LogP contribution in [0.15, 0.2) is 48.5 Å². The van der Waals surface area contributed by atoms with Crippen molar-refractivity contribution in [3.63, 3.8) is 0 Å². The molecule has 0 radical (unpaired) electrons. The molecule has 3 rings (SSSR count). The quantitative estimate of drug-likeness (QED) is 0.633. The molecule has 0 aromatic heterocycles. The Bertz CT molecular complexity index is 768. The van der Waals surface area contributed by atoms with Gasteiger partial charge in [0.15, 0.2) is 5.78 Å². The number of allylic oxidation sites excluding steroid dienone is 1. The molecular weight excluding hydrogens is 312 g/mol. The number of ether oxygens (including phenoxy) is 1. The van der Waals surface area contributed by atoms with Gasteiger partial charge in [0.2, 0.25) is 0 Å². The molecule has 1 fully saturated rings. The van der Waals surface area contributed by atoms with Crippen LogP contribution in [0, 0.1) is 11.6 Å². The van der Waals surface area contributed by atoms with E-state index in [0.717, 1.165) is 0 Å².